The van der Waals surface area contributed by atoms with Crippen molar-refractivity contribution >= 4 is 29.7 Å². The van der Waals surface area contributed by atoms with Crippen molar-refractivity contribution in [1.82, 2.24) is 20.9 Å². The zero-order valence-electron chi connectivity index (χ0n) is 24.3. The number of nitrogens with zero attached hydrogens (tertiary/aromatic N) is 1. The molecule has 5 N–H and O–H groups in total. The molecule has 0 radical (unpaired) electrons. The minimum Gasteiger partial charge on any atom is -0.444 e. The zero-order chi connectivity index (χ0) is 29.7. The van der Waals surface area contributed by atoms with E-state index < -0.39 is 71.0 Å². The van der Waals surface area contributed by atoms with Gasteiger partial charge in [0.15, 0.2) is 0 Å². The largest absolute Gasteiger partial charge is 0.444 e. The molecule has 224 valence electrons. The standard InChI is InChI=1S/C28H44FN5O6/c1-27(2,3)21(33-26(39)40-28(4,5)6)25(38)34-12-16-14-9-15(17(29)10-14)19(16)20(34)24(37)32-18(22(30)35)11-13-7-8-31-23(13)36/h13-21H,7-12H2,1-6H3,(H2,30,35)(H,31,36)(H,32,37)(H,33,39)/t13-,14-,15+,16+,17+,18-,19-,20-,21+/m0/s1. The molecule has 0 unspecified atom stereocenters. The van der Waals surface area contributed by atoms with Crippen molar-refractivity contribution in [2.45, 2.75) is 97.1 Å². The quantitative estimate of drug-likeness (QED) is 0.363. The maximum Gasteiger partial charge on any atom is 0.408 e. The summed E-state index contributed by atoms with van der Waals surface area (Å²) in [5.74, 6) is -3.30. The number of likely N-dealkylation sites (tertiary alicyclic amines) is 1. The summed E-state index contributed by atoms with van der Waals surface area (Å²) in [6.07, 6.45) is -0.194. The second kappa shape index (κ2) is 10.8. The van der Waals surface area contributed by atoms with Crippen LogP contribution in [0.3, 0.4) is 0 Å². The lowest BCUT2D eigenvalue weighted by Crippen LogP contribution is -2.60. The van der Waals surface area contributed by atoms with Crippen molar-refractivity contribution < 1.29 is 33.1 Å². The Balaban J connectivity index is 1.60. The Morgan fingerprint density at radius 2 is 1.77 bits per heavy atom. The fourth-order valence-electron chi connectivity index (χ4n) is 7.17. The van der Waals surface area contributed by atoms with E-state index in [1.54, 1.807) is 41.5 Å². The average Bonchev–Trinajstić information content (AvgIpc) is 3.56. The van der Waals surface area contributed by atoms with Gasteiger partial charge in [-0.3, -0.25) is 19.2 Å². The number of hydrogen-bond donors (Lipinski definition) is 4. The summed E-state index contributed by atoms with van der Waals surface area (Å²) in [4.78, 5) is 66.6. The molecule has 5 amide bonds. The smallest absolute Gasteiger partial charge is 0.408 e. The molecule has 9 atom stereocenters. The van der Waals surface area contributed by atoms with Gasteiger partial charge in [0.2, 0.25) is 23.6 Å². The maximum absolute atomic E-state index is 15.0. The van der Waals surface area contributed by atoms with Crippen LogP contribution in [-0.2, 0) is 23.9 Å². The Bertz CT molecular complexity index is 1050. The summed E-state index contributed by atoms with van der Waals surface area (Å²) in [6.45, 7) is 11.3. The monoisotopic (exact) mass is 565 g/mol. The molecule has 2 aliphatic heterocycles. The molecule has 0 aromatic heterocycles. The molecule has 2 heterocycles. The molecule has 4 fully saturated rings. The number of carbonyl (C=O) groups excluding carboxylic acids is 5. The number of amides is 5. The number of primary amides is 1. The minimum absolute atomic E-state index is 0.0459. The van der Waals surface area contributed by atoms with Crippen LogP contribution >= 0.6 is 0 Å². The van der Waals surface area contributed by atoms with E-state index in [1.165, 1.54) is 4.90 Å². The van der Waals surface area contributed by atoms with Crippen molar-refractivity contribution in [1.29, 1.82) is 0 Å². The van der Waals surface area contributed by atoms with E-state index in [1.807, 2.05) is 0 Å². The predicted octanol–water partition coefficient (Wildman–Crippen LogP) is 1.24. The lowest BCUT2D eigenvalue weighted by molar-refractivity contribution is -0.144. The highest BCUT2D eigenvalue weighted by Crippen LogP contribution is 2.58. The molecule has 0 aromatic carbocycles. The fourth-order valence-corrected chi connectivity index (χ4v) is 7.17. The van der Waals surface area contributed by atoms with Gasteiger partial charge in [0.05, 0.1) is 0 Å². The number of alkyl carbamates (subject to hydrolysis) is 1. The van der Waals surface area contributed by atoms with Crippen LogP contribution < -0.4 is 21.7 Å². The summed E-state index contributed by atoms with van der Waals surface area (Å²) in [6, 6.07) is -3.17. The Morgan fingerprint density at radius 3 is 2.33 bits per heavy atom. The molecule has 0 spiro atoms. The number of carbonyl (C=O) groups is 5. The SMILES string of the molecule is CC(C)(C)OC(=O)N[C@H](C(=O)N1C[C@@H]2[C@H]3C[C@@H]([C@@H]2[C@H]1C(=O)N[C@@H](C[C@@H]1CCNC1=O)C(N)=O)[C@H](F)C3)C(C)(C)C. The maximum atomic E-state index is 15.0. The summed E-state index contributed by atoms with van der Waals surface area (Å²) >= 11 is 0. The van der Waals surface area contributed by atoms with E-state index in [-0.39, 0.29) is 36.6 Å². The average molecular weight is 566 g/mol. The topological polar surface area (TPSA) is 160 Å². The molecule has 2 saturated carbocycles. The van der Waals surface area contributed by atoms with Crippen LogP contribution in [0.2, 0.25) is 0 Å². The van der Waals surface area contributed by atoms with Gasteiger partial charge in [0, 0.05) is 19.0 Å². The van der Waals surface area contributed by atoms with Gasteiger partial charge in [-0.25, -0.2) is 9.18 Å². The van der Waals surface area contributed by atoms with Gasteiger partial charge in [0.25, 0.3) is 0 Å². The third-order valence-electron chi connectivity index (χ3n) is 8.94. The Morgan fingerprint density at radius 1 is 1.10 bits per heavy atom. The van der Waals surface area contributed by atoms with Crippen molar-refractivity contribution in [3.63, 3.8) is 0 Å². The minimum atomic E-state index is -1.12. The molecule has 2 bridgehead atoms. The Hall–Kier alpha value is -2.92. The molecule has 40 heavy (non-hydrogen) atoms. The molecule has 0 aromatic rings. The van der Waals surface area contributed by atoms with Crippen LogP contribution in [-0.4, -0.2) is 77.6 Å². The van der Waals surface area contributed by atoms with Crippen molar-refractivity contribution in [2.24, 2.45) is 40.7 Å². The lowest BCUT2D eigenvalue weighted by atomic mass is 9.77. The summed E-state index contributed by atoms with van der Waals surface area (Å²) < 4.78 is 20.4. The number of halogens is 1. The number of nitrogens with one attached hydrogen (secondary N) is 3. The molecular formula is C28H44FN5O6. The van der Waals surface area contributed by atoms with Gasteiger partial charge in [-0.1, -0.05) is 20.8 Å². The predicted molar refractivity (Wildman–Crippen MR) is 143 cm³/mol. The highest BCUT2D eigenvalue weighted by atomic mass is 19.1. The van der Waals surface area contributed by atoms with Crippen LogP contribution in [0, 0.1) is 35.0 Å². The first-order valence-corrected chi connectivity index (χ1v) is 14.3. The molecule has 4 aliphatic rings. The molecule has 4 rings (SSSR count). The molecule has 11 nitrogen and oxygen atoms in total. The van der Waals surface area contributed by atoms with Gasteiger partial charge >= 0.3 is 6.09 Å². The number of alkyl halides is 1. The summed E-state index contributed by atoms with van der Waals surface area (Å²) in [5, 5.41) is 8.11. The first kappa shape index (κ1) is 30.0. The number of rotatable bonds is 7. The Labute approximate surface area is 234 Å². The van der Waals surface area contributed by atoms with Crippen LogP contribution in [0.25, 0.3) is 0 Å². The van der Waals surface area contributed by atoms with Crippen molar-refractivity contribution in [2.75, 3.05) is 13.1 Å². The van der Waals surface area contributed by atoms with Gasteiger partial charge in [-0.2, -0.15) is 0 Å². The number of ether oxygens (including phenoxy) is 1. The first-order valence-electron chi connectivity index (χ1n) is 14.3. The van der Waals surface area contributed by atoms with Crippen LogP contribution in [0.5, 0.6) is 0 Å². The van der Waals surface area contributed by atoms with Crippen LogP contribution in [0.1, 0.15) is 67.2 Å². The summed E-state index contributed by atoms with van der Waals surface area (Å²) in [5.41, 5.74) is 4.10. The van der Waals surface area contributed by atoms with Gasteiger partial charge in [0.1, 0.15) is 29.9 Å². The van der Waals surface area contributed by atoms with Gasteiger partial charge in [-0.05, 0) is 75.5 Å². The molecule has 2 saturated heterocycles. The highest BCUT2D eigenvalue weighted by molar-refractivity contribution is 5.95. The fraction of sp³-hybridized carbons (Fsp3) is 0.821. The second-order valence-electron chi connectivity index (χ2n) is 14.0. The van der Waals surface area contributed by atoms with E-state index in [0.29, 0.717) is 25.8 Å². The normalized spacial score (nSPS) is 32.7. The third-order valence-corrected chi connectivity index (χ3v) is 8.94. The Kier molecular flexibility index (Phi) is 8.12. The molecule has 12 heteroatoms. The third kappa shape index (κ3) is 6.05. The number of hydrogen-bond acceptors (Lipinski definition) is 6. The second-order valence-corrected chi connectivity index (χ2v) is 14.0. The summed E-state index contributed by atoms with van der Waals surface area (Å²) in [7, 11) is 0. The van der Waals surface area contributed by atoms with Crippen molar-refractivity contribution in [3.8, 4) is 0 Å². The van der Waals surface area contributed by atoms with E-state index >= 15 is 0 Å². The van der Waals surface area contributed by atoms with Gasteiger partial charge in [-0.15, -0.1) is 0 Å². The van der Waals surface area contributed by atoms with Crippen LogP contribution in [0.15, 0.2) is 0 Å². The lowest BCUT2D eigenvalue weighted by Gasteiger charge is -2.37. The van der Waals surface area contributed by atoms with Crippen molar-refractivity contribution in [3.05, 3.63) is 0 Å². The van der Waals surface area contributed by atoms with E-state index in [9.17, 15) is 28.4 Å². The number of fused-ring (bicyclic) bond motifs is 5. The zero-order valence-corrected chi connectivity index (χ0v) is 24.3. The molecular weight excluding hydrogens is 521 g/mol. The van der Waals surface area contributed by atoms with Gasteiger partial charge < -0.3 is 31.3 Å². The molecule has 2 aliphatic carbocycles. The highest BCUT2D eigenvalue weighted by Gasteiger charge is 2.63. The van der Waals surface area contributed by atoms with Crippen LogP contribution in [0.4, 0.5) is 9.18 Å². The van der Waals surface area contributed by atoms with E-state index in [0.717, 1.165) is 0 Å². The number of nitrogens with two attached hydrogens (primary N) is 1. The first-order chi connectivity index (χ1) is 18.5. The van der Waals surface area contributed by atoms with E-state index in [4.69, 9.17) is 10.5 Å². The van der Waals surface area contributed by atoms with E-state index in [2.05, 4.69) is 16.0 Å².